The van der Waals surface area contributed by atoms with Gasteiger partial charge in [0.25, 0.3) is 0 Å². The Morgan fingerprint density at radius 3 is 2.71 bits per heavy atom. The molecule has 0 saturated heterocycles. The summed E-state index contributed by atoms with van der Waals surface area (Å²) in [6.07, 6.45) is 9.57. The lowest BCUT2D eigenvalue weighted by Crippen LogP contribution is -2.26. The number of nitrogens with zero attached hydrogens (tertiary/aromatic N) is 1. The first-order chi connectivity index (χ1) is 7.97. The van der Waals surface area contributed by atoms with Gasteiger partial charge in [0.05, 0.1) is 11.0 Å². The molecule has 0 fully saturated rings. The Labute approximate surface area is 109 Å². The topological polar surface area (TPSA) is 24.9 Å². The molecule has 0 aliphatic carbocycles. The van der Waals surface area contributed by atoms with E-state index in [1.54, 1.807) is 11.3 Å². The molecule has 0 radical (unpaired) electrons. The fourth-order valence-corrected chi connectivity index (χ4v) is 2.41. The molecule has 0 aliphatic heterocycles. The van der Waals surface area contributed by atoms with E-state index in [4.69, 9.17) is 6.42 Å². The van der Waals surface area contributed by atoms with Crippen molar-refractivity contribution >= 4 is 11.3 Å². The molecule has 17 heavy (non-hydrogen) atoms. The highest BCUT2D eigenvalue weighted by molar-refractivity contribution is 7.11. The molecule has 1 aromatic heterocycles. The van der Waals surface area contributed by atoms with E-state index >= 15 is 0 Å². The second-order valence-electron chi connectivity index (χ2n) is 5.27. The second kappa shape index (κ2) is 6.18. The SMILES string of the molecule is C#CC(CCC)NCc1cnc(C(C)(C)C)s1. The average molecular weight is 250 g/mol. The largest absolute Gasteiger partial charge is 0.299 e. The van der Waals surface area contributed by atoms with Gasteiger partial charge >= 0.3 is 0 Å². The van der Waals surface area contributed by atoms with Crippen LogP contribution in [0.3, 0.4) is 0 Å². The Balaban J connectivity index is 2.53. The first kappa shape index (κ1) is 14.2. The van der Waals surface area contributed by atoms with Crippen molar-refractivity contribution in [3.8, 4) is 12.3 Å². The smallest absolute Gasteiger partial charge is 0.0981 e. The number of hydrogen-bond donors (Lipinski definition) is 1. The number of thiazole rings is 1. The van der Waals surface area contributed by atoms with E-state index in [1.165, 1.54) is 9.88 Å². The van der Waals surface area contributed by atoms with Crippen molar-refractivity contribution < 1.29 is 0 Å². The Morgan fingerprint density at radius 1 is 1.53 bits per heavy atom. The Morgan fingerprint density at radius 2 is 2.24 bits per heavy atom. The van der Waals surface area contributed by atoms with Crippen LogP contribution in [0.1, 0.15) is 50.4 Å². The maximum absolute atomic E-state index is 5.47. The molecule has 94 valence electrons. The van der Waals surface area contributed by atoms with Crippen molar-refractivity contribution in [1.82, 2.24) is 10.3 Å². The summed E-state index contributed by atoms with van der Waals surface area (Å²) >= 11 is 1.77. The van der Waals surface area contributed by atoms with Crippen LogP contribution in [0.2, 0.25) is 0 Å². The summed E-state index contributed by atoms with van der Waals surface area (Å²) in [5.74, 6) is 2.78. The van der Waals surface area contributed by atoms with Crippen LogP contribution in [-0.2, 0) is 12.0 Å². The van der Waals surface area contributed by atoms with Crippen LogP contribution in [0.5, 0.6) is 0 Å². The minimum Gasteiger partial charge on any atom is -0.299 e. The number of terminal acetylenes is 1. The number of nitrogens with one attached hydrogen (secondary N) is 1. The summed E-state index contributed by atoms with van der Waals surface area (Å²) in [5.41, 5.74) is 0.137. The Hall–Kier alpha value is -0.850. The van der Waals surface area contributed by atoms with Crippen molar-refractivity contribution in [3.05, 3.63) is 16.1 Å². The zero-order chi connectivity index (χ0) is 12.9. The summed E-state index contributed by atoms with van der Waals surface area (Å²) in [5, 5.41) is 4.57. The lowest BCUT2D eigenvalue weighted by Gasteiger charge is -2.13. The van der Waals surface area contributed by atoms with Crippen molar-refractivity contribution in [1.29, 1.82) is 0 Å². The van der Waals surface area contributed by atoms with Crippen LogP contribution >= 0.6 is 11.3 Å². The van der Waals surface area contributed by atoms with E-state index in [0.29, 0.717) is 0 Å². The lowest BCUT2D eigenvalue weighted by atomic mass is 9.98. The highest BCUT2D eigenvalue weighted by Gasteiger charge is 2.18. The quantitative estimate of drug-likeness (QED) is 0.811. The van der Waals surface area contributed by atoms with Gasteiger partial charge in [-0.25, -0.2) is 4.98 Å². The Bertz CT molecular complexity index is 382. The summed E-state index contributed by atoms with van der Waals surface area (Å²) in [6, 6.07) is 0.181. The van der Waals surface area contributed by atoms with E-state index in [2.05, 4.69) is 43.9 Å². The molecule has 0 bridgehead atoms. The maximum atomic E-state index is 5.47. The maximum Gasteiger partial charge on any atom is 0.0981 e. The number of aromatic nitrogens is 1. The molecule has 2 nitrogen and oxygen atoms in total. The van der Waals surface area contributed by atoms with Gasteiger partial charge in [0.15, 0.2) is 0 Å². The zero-order valence-corrected chi connectivity index (χ0v) is 12.0. The standard InChI is InChI=1S/C14H22N2S/c1-6-8-11(7-2)15-9-12-10-16-13(17-12)14(3,4)5/h2,10-11,15H,6,8-9H2,1,3-5H3. The minimum atomic E-state index is 0.137. The van der Waals surface area contributed by atoms with Crippen LogP contribution in [-0.4, -0.2) is 11.0 Å². The lowest BCUT2D eigenvalue weighted by molar-refractivity contribution is 0.566. The third kappa shape index (κ3) is 4.49. The normalized spacial score (nSPS) is 13.4. The van der Waals surface area contributed by atoms with Crippen LogP contribution in [0, 0.1) is 12.3 Å². The van der Waals surface area contributed by atoms with Crippen molar-refractivity contribution in [2.75, 3.05) is 0 Å². The summed E-state index contributed by atoms with van der Waals surface area (Å²) < 4.78 is 0. The van der Waals surface area contributed by atoms with E-state index in [9.17, 15) is 0 Å². The van der Waals surface area contributed by atoms with Crippen LogP contribution in [0.25, 0.3) is 0 Å². The van der Waals surface area contributed by atoms with E-state index < -0.39 is 0 Å². The fraction of sp³-hybridized carbons (Fsp3) is 0.643. The van der Waals surface area contributed by atoms with Gasteiger partial charge in [-0.1, -0.05) is 40.0 Å². The summed E-state index contributed by atoms with van der Waals surface area (Å²) in [6.45, 7) is 9.53. The third-order valence-corrected chi connectivity index (χ3v) is 3.92. The van der Waals surface area contributed by atoms with Gasteiger partial charge in [0.1, 0.15) is 0 Å². The average Bonchev–Trinajstić information content (AvgIpc) is 2.72. The van der Waals surface area contributed by atoms with Crippen molar-refractivity contribution in [3.63, 3.8) is 0 Å². The second-order valence-corrected chi connectivity index (χ2v) is 6.39. The third-order valence-electron chi connectivity index (χ3n) is 2.50. The molecule has 0 amide bonds. The number of rotatable bonds is 5. The molecule has 0 aromatic carbocycles. The summed E-state index contributed by atoms with van der Waals surface area (Å²) in [7, 11) is 0. The van der Waals surface area contributed by atoms with E-state index in [0.717, 1.165) is 19.4 Å². The molecular formula is C14H22N2S. The minimum absolute atomic E-state index is 0.137. The van der Waals surface area contributed by atoms with Crippen LogP contribution < -0.4 is 5.32 Å². The van der Waals surface area contributed by atoms with Gasteiger partial charge < -0.3 is 0 Å². The highest BCUT2D eigenvalue weighted by Crippen LogP contribution is 2.26. The molecule has 1 N–H and O–H groups in total. The first-order valence-electron chi connectivity index (χ1n) is 6.12. The number of hydrogen-bond acceptors (Lipinski definition) is 3. The van der Waals surface area contributed by atoms with Crippen molar-refractivity contribution in [2.45, 2.75) is 58.5 Å². The van der Waals surface area contributed by atoms with Crippen LogP contribution in [0.15, 0.2) is 6.20 Å². The van der Waals surface area contributed by atoms with E-state index in [-0.39, 0.29) is 11.5 Å². The molecule has 1 heterocycles. The fourth-order valence-electron chi connectivity index (χ4n) is 1.49. The molecule has 1 atom stereocenters. The van der Waals surface area contributed by atoms with Gasteiger partial charge in [-0.2, -0.15) is 0 Å². The molecule has 0 saturated carbocycles. The van der Waals surface area contributed by atoms with Crippen molar-refractivity contribution in [2.24, 2.45) is 0 Å². The van der Waals surface area contributed by atoms with Gasteiger partial charge in [0, 0.05) is 23.0 Å². The first-order valence-corrected chi connectivity index (χ1v) is 6.93. The van der Waals surface area contributed by atoms with Gasteiger partial charge in [-0.05, 0) is 6.42 Å². The molecule has 1 rings (SSSR count). The molecule has 3 heteroatoms. The molecular weight excluding hydrogens is 228 g/mol. The summed E-state index contributed by atoms with van der Waals surface area (Å²) in [4.78, 5) is 5.72. The molecule has 1 unspecified atom stereocenters. The zero-order valence-electron chi connectivity index (χ0n) is 11.2. The highest BCUT2D eigenvalue weighted by atomic mass is 32.1. The van der Waals surface area contributed by atoms with Gasteiger partial charge in [-0.3, -0.25) is 5.32 Å². The molecule has 1 aromatic rings. The van der Waals surface area contributed by atoms with Gasteiger partial charge in [-0.15, -0.1) is 17.8 Å². The Kier molecular flexibility index (Phi) is 5.17. The molecule has 0 aliphatic rings. The predicted molar refractivity (Wildman–Crippen MR) is 75.2 cm³/mol. The predicted octanol–water partition coefficient (Wildman–Crippen LogP) is 3.33. The van der Waals surface area contributed by atoms with Gasteiger partial charge in [0.2, 0.25) is 0 Å². The monoisotopic (exact) mass is 250 g/mol. The van der Waals surface area contributed by atoms with Crippen LogP contribution in [0.4, 0.5) is 0 Å². The molecule has 0 spiro atoms. The van der Waals surface area contributed by atoms with E-state index in [1.807, 2.05) is 6.20 Å².